The van der Waals surface area contributed by atoms with E-state index in [0.29, 0.717) is 11.8 Å². The van der Waals surface area contributed by atoms with Gasteiger partial charge in [-0.25, -0.2) is 0 Å². The number of allylic oxidation sites excluding steroid dienone is 5. The van der Waals surface area contributed by atoms with Gasteiger partial charge >= 0.3 is 0 Å². The van der Waals surface area contributed by atoms with Gasteiger partial charge in [0.1, 0.15) is 0 Å². The van der Waals surface area contributed by atoms with Crippen LogP contribution in [0.25, 0.3) is 6.08 Å². The predicted molar refractivity (Wildman–Crippen MR) is 99.3 cm³/mol. The Kier molecular flexibility index (Phi) is 10.6. The van der Waals surface area contributed by atoms with E-state index >= 15 is 0 Å². The van der Waals surface area contributed by atoms with Crippen LogP contribution < -0.4 is 0 Å². The third kappa shape index (κ3) is 4.92. The van der Waals surface area contributed by atoms with Crippen LogP contribution in [0.1, 0.15) is 54.7 Å². The molecule has 0 spiro atoms. The molecule has 0 aromatic heterocycles. The first-order valence-electron chi connectivity index (χ1n) is 7.58. The second-order valence-corrected chi connectivity index (χ2v) is 5.83. The number of aliphatic hydroxyl groups is 1. The van der Waals surface area contributed by atoms with Gasteiger partial charge in [0.2, 0.25) is 0 Å². The molecular weight excluding hydrogens is 406 g/mol. The summed E-state index contributed by atoms with van der Waals surface area (Å²) in [5, 5.41) is 9.01. The van der Waals surface area contributed by atoms with Gasteiger partial charge in [0.15, 0.2) is 0 Å². The van der Waals surface area contributed by atoms with Crippen LogP contribution in [0.15, 0.2) is 48.1 Å². The molecule has 0 saturated heterocycles. The molecule has 0 fully saturated rings. The van der Waals surface area contributed by atoms with E-state index in [0.717, 1.165) is 19.3 Å². The smallest absolute Gasteiger partial charge is 0.0431 e. The molecule has 2 unspecified atom stereocenters. The molecule has 1 aromatic rings. The normalized spacial score (nSPS) is 18.3. The number of hydrogen-bond acceptors (Lipinski definition) is 1. The maximum atomic E-state index is 9.01. The van der Waals surface area contributed by atoms with Gasteiger partial charge in [-0.2, -0.15) is 0 Å². The van der Waals surface area contributed by atoms with Gasteiger partial charge in [-0.3, -0.25) is 0 Å². The summed E-state index contributed by atoms with van der Waals surface area (Å²) in [5.41, 5.74) is 5.80. The van der Waals surface area contributed by atoms with E-state index in [1.165, 1.54) is 22.3 Å². The van der Waals surface area contributed by atoms with Crippen molar-refractivity contribution in [2.75, 3.05) is 6.61 Å². The van der Waals surface area contributed by atoms with Crippen LogP contribution in [0.3, 0.4) is 0 Å². The topological polar surface area (TPSA) is 20.2 Å². The molecule has 1 nitrogen and oxygen atoms in total. The summed E-state index contributed by atoms with van der Waals surface area (Å²) in [6, 6.07) is 6.70. The summed E-state index contributed by atoms with van der Waals surface area (Å²) >= 11 is 0. The van der Waals surface area contributed by atoms with Crippen molar-refractivity contribution >= 4 is 30.9 Å². The van der Waals surface area contributed by atoms with Crippen molar-refractivity contribution in [2.24, 2.45) is 0 Å². The number of halogens is 2. The molecule has 0 heterocycles. The van der Waals surface area contributed by atoms with E-state index in [-0.39, 0.29) is 57.6 Å². The van der Waals surface area contributed by atoms with E-state index in [4.69, 9.17) is 5.11 Å². The average Bonchev–Trinajstić information content (AvgIpc) is 3.12. The molecule has 0 aliphatic heterocycles. The van der Waals surface area contributed by atoms with Gasteiger partial charge in [0, 0.05) is 38.7 Å². The summed E-state index contributed by atoms with van der Waals surface area (Å²) in [6.45, 7) is 2.55. The first kappa shape index (κ1) is 22.9. The Morgan fingerprint density at radius 1 is 1.26 bits per heavy atom. The molecule has 1 aromatic carbocycles. The Morgan fingerprint density at radius 2 is 2.04 bits per heavy atom. The summed E-state index contributed by atoms with van der Waals surface area (Å²) in [4.78, 5) is 0. The second kappa shape index (κ2) is 10.7. The fraction of sp³-hybridized carbons (Fsp3) is 0.368. The van der Waals surface area contributed by atoms with Gasteiger partial charge in [-0.05, 0) is 41.9 Å². The van der Waals surface area contributed by atoms with Gasteiger partial charge in [-0.15, -0.1) is 24.8 Å². The summed E-state index contributed by atoms with van der Waals surface area (Å²) in [7, 11) is 0. The van der Waals surface area contributed by atoms with Gasteiger partial charge in [-0.1, -0.05) is 61.1 Å². The summed E-state index contributed by atoms with van der Waals surface area (Å²) < 4.78 is 0. The maximum absolute atomic E-state index is 9.01. The van der Waals surface area contributed by atoms with Crippen LogP contribution in [0.4, 0.5) is 0 Å². The van der Waals surface area contributed by atoms with Crippen molar-refractivity contribution < 1.29 is 31.3 Å². The fourth-order valence-electron chi connectivity index (χ4n) is 3.36. The molecule has 2 atom stereocenters. The molecule has 0 amide bonds. The van der Waals surface area contributed by atoms with Crippen LogP contribution in [-0.4, -0.2) is 11.7 Å². The molecule has 1 N–H and O–H groups in total. The first-order valence-corrected chi connectivity index (χ1v) is 7.58. The summed E-state index contributed by atoms with van der Waals surface area (Å²) in [5.74, 6) is 0.973. The molecule has 0 bridgehead atoms. The predicted octanol–water partition coefficient (Wildman–Crippen LogP) is 5.40. The van der Waals surface area contributed by atoms with E-state index in [9.17, 15) is 0 Å². The zero-order valence-electron chi connectivity index (χ0n) is 13.4. The Labute approximate surface area is 170 Å². The molecule has 3 rings (SSSR count). The number of hydrogen-bond donors (Lipinski definition) is 1. The van der Waals surface area contributed by atoms with Crippen molar-refractivity contribution in [3.8, 4) is 0 Å². The third-order valence-electron chi connectivity index (χ3n) is 4.49. The SMILES string of the molecule is CC(CCCO)c1cccc2c1C=CC2C1=CC=CC1.Cl.Cl.[Zr]. The Morgan fingerprint density at radius 3 is 2.70 bits per heavy atom. The van der Waals surface area contributed by atoms with Gasteiger partial charge in [0.05, 0.1) is 0 Å². The number of rotatable bonds is 5. The van der Waals surface area contributed by atoms with Crippen molar-refractivity contribution in [3.63, 3.8) is 0 Å². The minimum Gasteiger partial charge on any atom is -0.396 e. The van der Waals surface area contributed by atoms with E-state index in [2.05, 4.69) is 55.5 Å². The molecule has 4 heteroatoms. The quantitative estimate of drug-likeness (QED) is 0.663. The molecule has 0 radical (unpaired) electrons. The number of benzene rings is 1. The first-order chi connectivity index (χ1) is 9.81. The van der Waals surface area contributed by atoms with Crippen LogP contribution in [-0.2, 0) is 26.2 Å². The Hall–Kier alpha value is -0.137. The monoisotopic (exact) mass is 428 g/mol. The molecule has 23 heavy (non-hydrogen) atoms. The molecule has 2 aliphatic rings. The number of fused-ring (bicyclic) bond motifs is 1. The zero-order valence-corrected chi connectivity index (χ0v) is 17.5. The average molecular weight is 431 g/mol. The van der Waals surface area contributed by atoms with E-state index in [1.54, 1.807) is 0 Å². The zero-order chi connectivity index (χ0) is 13.9. The van der Waals surface area contributed by atoms with Crippen LogP contribution >= 0.6 is 24.8 Å². The second-order valence-electron chi connectivity index (χ2n) is 5.83. The van der Waals surface area contributed by atoms with Crippen molar-refractivity contribution in [1.82, 2.24) is 0 Å². The van der Waals surface area contributed by atoms with Crippen LogP contribution in [0, 0.1) is 0 Å². The minimum absolute atomic E-state index is 0. The largest absolute Gasteiger partial charge is 0.396 e. The number of aliphatic hydroxyl groups excluding tert-OH is 1. The van der Waals surface area contributed by atoms with Crippen molar-refractivity contribution in [3.05, 3.63) is 64.8 Å². The van der Waals surface area contributed by atoms with Crippen LogP contribution in [0.2, 0.25) is 0 Å². The third-order valence-corrected chi connectivity index (χ3v) is 4.49. The standard InChI is InChI=1S/C19H22O.2ClH.Zr/c1-14(6-5-13-20)16-9-4-10-18-17(11-12-19(16)18)15-7-2-3-8-15;;;/h2-4,7,9-12,14,17,20H,5-6,8,13H2,1H3;2*1H;. The van der Waals surface area contributed by atoms with E-state index < -0.39 is 0 Å². The van der Waals surface area contributed by atoms with Crippen molar-refractivity contribution in [2.45, 2.75) is 38.0 Å². The summed E-state index contributed by atoms with van der Waals surface area (Å²) in [6.07, 6.45) is 14.3. The fourth-order valence-corrected chi connectivity index (χ4v) is 3.36. The van der Waals surface area contributed by atoms with Crippen molar-refractivity contribution in [1.29, 1.82) is 0 Å². The van der Waals surface area contributed by atoms with Gasteiger partial charge in [0.25, 0.3) is 0 Å². The van der Waals surface area contributed by atoms with E-state index in [1.807, 2.05) is 0 Å². The Balaban J connectivity index is 0.00000161. The molecule has 0 saturated carbocycles. The Bertz CT molecular complexity index is 593. The van der Waals surface area contributed by atoms with Gasteiger partial charge < -0.3 is 5.11 Å². The maximum Gasteiger partial charge on any atom is 0.0431 e. The molecule has 124 valence electrons. The molecule has 2 aliphatic carbocycles. The molecular formula is C19H24Cl2OZr. The van der Waals surface area contributed by atoms with Crippen LogP contribution in [0.5, 0.6) is 0 Å². The minimum atomic E-state index is 0.